The van der Waals surface area contributed by atoms with Crippen LogP contribution in [0.1, 0.15) is 32.1 Å². The van der Waals surface area contributed by atoms with Gasteiger partial charge in [-0.3, -0.25) is 4.90 Å². The highest BCUT2D eigenvalue weighted by Crippen LogP contribution is 2.30. The normalized spacial score (nSPS) is 24.6. The van der Waals surface area contributed by atoms with E-state index in [-0.39, 0.29) is 12.6 Å². The van der Waals surface area contributed by atoms with E-state index in [4.69, 9.17) is 0 Å². The van der Waals surface area contributed by atoms with Gasteiger partial charge in [-0.1, -0.05) is 18.0 Å². The van der Waals surface area contributed by atoms with Gasteiger partial charge in [-0.25, -0.2) is 0 Å². The molecule has 0 unspecified atom stereocenters. The second-order valence-corrected chi connectivity index (χ2v) is 9.23. The molecule has 0 amide bonds. The van der Waals surface area contributed by atoms with Crippen LogP contribution < -0.4 is 10.2 Å². The molecule has 0 aromatic heterocycles. The van der Waals surface area contributed by atoms with Gasteiger partial charge in [0.25, 0.3) is 0 Å². The third-order valence-corrected chi connectivity index (χ3v) is 6.88. The Morgan fingerprint density at radius 3 is 2.55 bits per heavy atom. The SMILES string of the molecule is CN1CCN(c2ccc(NCCCCCCN3C[C@H](N=O)[C@@H](O)C[C@H]3CO)c(N=O)c2)CC1. The molecule has 1 aromatic carbocycles. The summed E-state index contributed by atoms with van der Waals surface area (Å²) in [7, 11) is 2.12. The molecule has 0 spiro atoms. The summed E-state index contributed by atoms with van der Waals surface area (Å²) in [6.45, 7) is 5.86. The van der Waals surface area contributed by atoms with Crippen LogP contribution >= 0.6 is 0 Å². The van der Waals surface area contributed by atoms with Crippen molar-refractivity contribution in [1.82, 2.24) is 9.80 Å². The first-order valence-corrected chi connectivity index (χ1v) is 12.1. The summed E-state index contributed by atoms with van der Waals surface area (Å²) in [5.41, 5.74) is 2.27. The second kappa shape index (κ2) is 12.9. The monoisotopic (exact) mass is 462 g/mol. The number of hydrogen-bond donors (Lipinski definition) is 3. The second-order valence-electron chi connectivity index (χ2n) is 9.23. The van der Waals surface area contributed by atoms with E-state index in [9.17, 15) is 20.0 Å². The molecule has 10 nitrogen and oxygen atoms in total. The molecule has 3 N–H and O–H groups in total. The van der Waals surface area contributed by atoms with Gasteiger partial charge in [-0.15, -0.1) is 4.91 Å². The average Bonchev–Trinajstić information content (AvgIpc) is 2.84. The quantitative estimate of drug-likeness (QED) is 0.320. The number of benzene rings is 1. The number of likely N-dealkylation sites (tertiary alicyclic amines) is 1. The lowest BCUT2D eigenvalue weighted by Crippen LogP contribution is -2.53. The molecule has 2 aliphatic rings. The number of hydrogen-bond acceptors (Lipinski definition) is 10. The summed E-state index contributed by atoms with van der Waals surface area (Å²) in [4.78, 5) is 28.9. The Labute approximate surface area is 195 Å². The van der Waals surface area contributed by atoms with E-state index >= 15 is 0 Å². The van der Waals surface area contributed by atoms with Crippen molar-refractivity contribution in [1.29, 1.82) is 0 Å². The first-order chi connectivity index (χ1) is 16.0. The Balaban J connectivity index is 1.36. The van der Waals surface area contributed by atoms with Crippen LogP contribution in [0.3, 0.4) is 0 Å². The van der Waals surface area contributed by atoms with Crippen molar-refractivity contribution in [3.63, 3.8) is 0 Å². The molecule has 3 atom stereocenters. The highest BCUT2D eigenvalue weighted by Gasteiger charge is 2.34. The molecule has 0 aliphatic carbocycles. The fourth-order valence-electron chi connectivity index (χ4n) is 4.69. The average molecular weight is 463 g/mol. The van der Waals surface area contributed by atoms with Crippen molar-refractivity contribution >= 4 is 17.1 Å². The molecule has 0 saturated carbocycles. The van der Waals surface area contributed by atoms with Gasteiger partial charge in [-0.2, -0.15) is 4.91 Å². The highest BCUT2D eigenvalue weighted by molar-refractivity contribution is 5.71. The minimum atomic E-state index is -0.761. The zero-order valence-corrected chi connectivity index (χ0v) is 19.6. The smallest absolute Gasteiger partial charge is 0.133 e. The predicted molar refractivity (Wildman–Crippen MR) is 131 cm³/mol. The van der Waals surface area contributed by atoms with Crippen LogP contribution in [0.4, 0.5) is 17.1 Å². The lowest BCUT2D eigenvalue weighted by Gasteiger charge is -2.39. The standard InChI is InChI=1S/C23H38N6O4/c1-27-10-12-28(13-11-27)18-6-7-20(21(14-18)25-32)24-8-4-2-3-5-9-29-16-22(26-33)23(31)15-19(29)17-30/h6-7,14,19,22-24,30-31H,2-5,8-13,15-17H2,1H3/t19-,22-,23-/m0/s1. The Hall–Kier alpha value is -2.14. The van der Waals surface area contributed by atoms with Crippen LogP contribution in [-0.4, -0.2) is 97.7 Å². The van der Waals surface area contributed by atoms with Crippen LogP contribution in [-0.2, 0) is 0 Å². The topological polar surface area (TPSA) is 121 Å². The Morgan fingerprint density at radius 2 is 1.85 bits per heavy atom. The Morgan fingerprint density at radius 1 is 1.09 bits per heavy atom. The lowest BCUT2D eigenvalue weighted by molar-refractivity contribution is 0.00278. The fraction of sp³-hybridized carbons (Fsp3) is 0.739. The molecule has 33 heavy (non-hydrogen) atoms. The Bertz CT molecular complexity index is 758. The van der Waals surface area contributed by atoms with E-state index in [0.717, 1.165) is 76.3 Å². The maximum atomic E-state index is 11.4. The van der Waals surface area contributed by atoms with E-state index < -0.39 is 12.1 Å². The maximum absolute atomic E-state index is 11.4. The van der Waals surface area contributed by atoms with Crippen molar-refractivity contribution < 1.29 is 10.2 Å². The maximum Gasteiger partial charge on any atom is 0.133 e. The summed E-state index contributed by atoms with van der Waals surface area (Å²) >= 11 is 0. The van der Waals surface area contributed by atoms with Crippen molar-refractivity contribution in [2.24, 2.45) is 10.4 Å². The summed E-state index contributed by atoms with van der Waals surface area (Å²) in [6, 6.07) is 5.15. The summed E-state index contributed by atoms with van der Waals surface area (Å²) in [5, 5.41) is 29.1. The van der Waals surface area contributed by atoms with Gasteiger partial charge in [0.2, 0.25) is 0 Å². The molecule has 1 aromatic rings. The van der Waals surface area contributed by atoms with Crippen molar-refractivity contribution in [3.05, 3.63) is 28.0 Å². The third-order valence-electron chi connectivity index (χ3n) is 6.88. The molecule has 184 valence electrons. The van der Waals surface area contributed by atoms with Gasteiger partial charge in [0, 0.05) is 51.0 Å². The summed E-state index contributed by atoms with van der Waals surface area (Å²) in [5.74, 6) is 0. The molecule has 0 bridgehead atoms. The molecule has 10 heteroatoms. The van der Waals surface area contributed by atoms with Gasteiger partial charge >= 0.3 is 0 Å². The number of aliphatic hydroxyl groups is 2. The predicted octanol–water partition coefficient (Wildman–Crippen LogP) is 2.37. The molecular weight excluding hydrogens is 424 g/mol. The minimum absolute atomic E-state index is 0.0206. The highest BCUT2D eigenvalue weighted by atomic mass is 16.3. The number of unbranched alkanes of at least 4 members (excludes halogenated alkanes) is 3. The first-order valence-electron chi connectivity index (χ1n) is 12.1. The number of piperazine rings is 1. The fourth-order valence-corrected chi connectivity index (χ4v) is 4.69. The molecular formula is C23H38N6O4. The zero-order valence-electron chi connectivity index (χ0n) is 19.6. The number of aliphatic hydroxyl groups excluding tert-OH is 2. The van der Waals surface area contributed by atoms with Gasteiger partial charge in [0.1, 0.15) is 11.7 Å². The van der Waals surface area contributed by atoms with Gasteiger partial charge < -0.3 is 25.3 Å². The third kappa shape index (κ3) is 7.17. The van der Waals surface area contributed by atoms with Gasteiger partial charge in [-0.05, 0) is 56.2 Å². The largest absolute Gasteiger partial charge is 0.395 e. The van der Waals surface area contributed by atoms with E-state index in [2.05, 4.69) is 43.5 Å². The molecule has 2 saturated heterocycles. The number of rotatable bonds is 12. The van der Waals surface area contributed by atoms with E-state index in [0.29, 0.717) is 18.7 Å². The minimum Gasteiger partial charge on any atom is -0.395 e. The van der Waals surface area contributed by atoms with Crippen LogP contribution in [0.15, 0.2) is 28.6 Å². The molecule has 3 rings (SSSR count). The van der Waals surface area contributed by atoms with Gasteiger partial charge in [0.05, 0.1) is 18.4 Å². The zero-order chi connectivity index (χ0) is 23.6. The van der Waals surface area contributed by atoms with Crippen LogP contribution in [0.25, 0.3) is 0 Å². The van der Waals surface area contributed by atoms with Crippen LogP contribution in [0, 0.1) is 9.81 Å². The summed E-state index contributed by atoms with van der Waals surface area (Å²) < 4.78 is 0. The molecule has 2 aliphatic heterocycles. The summed E-state index contributed by atoms with van der Waals surface area (Å²) in [6.07, 6.45) is 3.61. The van der Waals surface area contributed by atoms with E-state index in [1.54, 1.807) is 0 Å². The number of anilines is 2. The number of nitrogens with zero attached hydrogens (tertiary/aromatic N) is 5. The Kier molecular flexibility index (Phi) is 9.98. The van der Waals surface area contributed by atoms with Crippen molar-refractivity contribution in [2.45, 2.75) is 50.3 Å². The number of likely N-dealkylation sites (N-methyl/N-ethyl adjacent to an activating group) is 1. The van der Waals surface area contributed by atoms with Gasteiger partial charge in [0.15, 0.2) is 0 Å². The molecule has 2 heterocycles. The van der Waals surface area contributed by atoms with Crippen molar-refractivity contribution in [3.8, 4) is 0 Å². The number of piperidine rings is 1. The number of nitroso groups, excluding NO2 is 2. The number of nitrogens with one attached hydrogen (secondary N) is 1. The van der Waals surface area contributed by atoms with Crippen LogP contribution in [0.5, 0.6) is 0 Å². The lowest BCUT2D eigenvalue weighted by atomic mass is 9.96. The molecule has 0 radical (unpaired) electrons. The molecule has 2 fully saturated rings. The van der Waals surface area contributed by atoms with E-state index in [1.807, 2.05) is 12.1 Å². The van der Waals surface area contributed by atoms with Crippen molar-refractivity contribution in [2.75, 3.05) is 69.7 Å². The first kappa shape index (κ1) is 25.5. The van der Waals surface area contributed by atoms with E-state index in [1.165, 1.54) is 0 Å². The van der Waals surface area contributed by atoms with Crippen LogP contribution in [0.2, 0.25) is 0 Å².